The van der Waals surface area contributed by atoms with E-state index in [4.69, 9.17) is 4.74 Å². The molecule has 0 fully saturated rings. The van der Waals surface area contributed by atoms with Gasteiger partial charge in [-0.3, -0.25) is 4.79 Å². The fraction of sp³-hybridized carbons (Fsp3) is 0.0588. The summed E-state index contributed by atoms with van der Waals surface area (Å²) in [6.45, 7) is 1.68. The number of fused-ring (bicyclic) bond motifs is 1. The molecular formula is C17H12O3. The van der Waals surface area contributed by atoms with Gasteiger partial charge in [0.1, 0.15) is 5.76 Å². The summed E-state index contributed by atoms with van der Waals surface area (Å²) in [7, 11) is 0. The molecule has 0 atom stereocenters. The summed E-state index contributed by atoms with van der Waals surface area (Å²) in [6.07, 6.45) is 0. The lowest BCUT2D eigenvalue weighted by molar-refractivity contribution is 0.0714. The second-order valence-corrected chi connectivity index (χ2v) is 4.58. The maximum absolute atomic E-state index is 12.4. The largest absolute Gasteiger partial charge is 0.422 e. The van der Waals surface area contributed by atoms with Crippen molar-refractivity contribution in [3.05, 3.63) is 76.9 Å². The van der Waals surface area contributed by atoms with Crippen LogP contribution in [0, 0.1) is 0 Å². The van der Waals surface area contributed by atoms with Gasteiger partial charge < -0.3 is 4.74 Å². The van der Waals surface area contributed by atoms with Gasteiger partial charge in [-0.15, -0.1) is 0 Å². The molecule has 3 heteroatoms. The normalized spacial score (nSPS) is 15.6. The lowest BCUT2D eigenvalue weighted by Crippen LogP contribution is -2.03. The van der Waals surface area contributed by atoms with Crippen molar-refractivity contribution in [2.75, 3.05) is 0 Å². The first-order chi connectivity index (χ1) is 9.68. The van der Waals surface area contributed by atoms with E-state index in [-0.39, 0.29) is 5.78 Å². The summed E-state index contributed by atoms with van der Waals surface area (Å²) < 4.78 is 5.26. The van der Waals surface area contributed by atoms with Crippen LogP contribution in [0.3, 0.4) is 0 Å². The zero-order chi connectivity index (χ0) is 14.1. The molecule has 0 saturated heterocycles. The zero-order valence-electron chi connectivity index (χ0n) is 10.9. The second kappa shape index (κ2) is 4.78. The summed E-state index contributed by atoms with van der Waals surface area (Å²) in [4.78, 5) is 24.2. The maximum Gasteiger partial charge on any atom is 0.344 e. The van der Waals surface area contributed by atoms with Gasteiger partial charge in [0.2, 0.25) is 0 Å². The summed E-state index contributed by atoms with van der Waals surface area (Å²) in [5, 5.41) is 0. The number of cyclic esters (lactones) is 1. The number of ether oxygens (including phenoxy) is 1. The minimum atomic E-state index is -0.407. The van der Waals surface area contributed by atoms with Crippen LogP contribution < -0.4 is 0 Å². The Labute approximate surface area is 116 Å². The molecule has 0 spiro atoms. The lowest BCUT2D eigenvalue weighted by atomic mass is 10.00. The summed E-state index contributed by atoms with van der Waals surface area (Å²) in [5.74, 6) is -0.180. The standard InChI is InChI=1S/C17H12O3/c1-11(15(18)12-7-3-2-4-8-12)16-13-9-5-6-10-14(13)17(19)20-16/h2-10H,1H3/b16-11+. The number of hydrogen-bond acceptors (Lipinski definition) is 3. The van der Waals surface area contributed by atoms with E-state index in [0.717, 1.165) is 0 Å². The van der Waals surface area contributed by atoms with Gasteiger partial charge in [-0.25, -0.2) is 4.79 Å². The van der Waals surface area contributed by atoms with Crippen LogP contribution in [0.2, 0.25) is 0 Å². The Balaban J connectivity index is 2.08. The Morgan fingerprint density at radius 1 is 0.900 bits per heavy atom. The molecule has 2 aromatic carbocycles. The molecule has 3 rings (SSSR count). The number of allylic oxidation sites excluding steroid dienone is 1. The molecule has 0 saturated carbocycles. The van der Waals surface area contributed by atoms with Crippen molar-refractivity contribution in [1.82, 2.24) is 0 Å². The van der Waals surface area contributed by atoms with Crippen molar-refractivity contribution in [2.45, 2.75) is 6.92 Å². The first-order valence-corrected chi connectivity index (χ1v) is 6.30. The highest BCUT2D eigenvalue weighted by atomic mass is 16.5. The Bertz CT molecular complexity index is 727. The molecular weight excluding hydrogens is 252 g/mol. The number of hydrogen-bond donors (Lipinski definition) is 0. The Morgan fingerprint density at radius 3 is 2.20 bits per heavy atom. The number of carbonyl (C=O) groups is 2. The van der Waals surface area contributed by atoms with Gasteiger partial charge in [-0.1, -0.05) is 48.5 Å². The number of ketones is 1. The molecule has 2 aromatic rings. The van der Waals surface area contributed by atoms with E-state index in [0.29, 0.717) is 28.0 Å². The highest BCUT2D eigenvalue weighted by Crippen LogP contribution is 2.32. The minimum Gasteiger partial charge on any atom is -0.422 e. The van der Waals surface area contributed by atoms with Crippen LogP contribution in [0.25, 0.3) is 5.76 Å². The van der Waals surface area contributed by atoms with Gasteiger partial charge in [0.25, 0.3) is 0 Å². The minimum absolute atomic E-state index is 0.134. The van der Waals surface area contributed by atoms with Crippen molar-refractivity contribution in [1.29, 1.82) is 0 Å². The molecule has 0 aliphatic carbocycles. The third-order valence-electron chi connectivity index (χ3n) is 3.30. The molecule has 0 amide bonds. The molecule has 0 aromatic heterocycles. The molecule has 0 unspecified atom stereocenters. The first-order valence-electron chi connectivity index (χ1n) is 6.30. The molecule has 20 heavy (non-hydrogen) atoms. The number of esters is 1. The van der Waals surface area contributed by atoms with E-state index in [1.54, 1.807) is 49.4 Å². The van der Waals surface area contributed by atoms with Gasteiger partial charge >= 0.3 is 5.97 Å². The van der Waals surface area contributed by atoms with Crippen LogP contribution in [0.15, 0.2) is 60.2 Å². The topological polar surface area (TPSA) is 43.4 Å². The van der Waals surface area contributed by atoms with E-state index < -0.39 is 5.97 Å². The molecule has 0 bridgehead atoms. The Hall–Kier alpha value is -2.68. The molecule has 1 heterocycles. The summed E-state index contributed by atoms with van der Waals surface area (Å²) >= 11 is 0. The van der Waals surface area contributed by atoms with Gasteiger partial charge in [0.05, 0.1) is 5.56 Å². The SMILES string of the molecule is C/C(C(=O)c1ccccc1)=C1\OC(=O)c2ccccc21. The maximum atomic E-state index is 12.4. The first kappa shape index (κ1) is 12.4. The Kier molecular flexibility index (Phi) is 2.95. The average molecular weight is 264 g/mol. The molecule has 98 valence electrons. The van der Waals surface area contributed by atoms with Crippen molar-refractivity contribution in [3.8, 4) is 0 Å². The fourth-order valence-corrected chi connectivity index (χ4v) is 2.25. The highest BCUT2D eigenvalue weighted by molar-refractivity contribution is 6.15. The fourth-order valence-electron chi connectivity index (χ4n) is 2.25. The van der Waals surface area contributed by atoms with Gasteiger partial charge in [0, 0.05) is 16.7 Å². The van der Waals surface area contributed by atoms with E-state index >= 15 is 0 Å². The molecule has 0 radical (unpaired) electrons. The van der Waals surface area contributed by atoms with Crippen LogP contribution >= 0.6 is 0 Å². The number of carbonyl (C=O) groups excluding carboxylic acids is 2. The van der Waals surface area contributed by atoms with E-state index in [1.807, 2.05) is 12.1 Å². The quantitative estimate of drug-likeness (QED) is 0.474. The van der Waals surface area contributed by atoms with Gasteiger partial charge in [-0.2, -0.15) is 0 Å². The smallest absolute Gasteiger partial charge is 0.344 e. The predicted molar refractivity (Wildman–Crippen MR) is 75.2 cm³/mol. The lowest BCUT2D eigenvalue weighted by Gasteiger charge is -2.05. The highest BCUT2D eigenvalue weighted by Gasteiger charge is 2.29. The van der Waals surface area contributed by atoms with Crippen molar-refractivity contribution in [3.63, 3.8) is 0 Å². The molecule has 1 aliphatic heterocycles. The molecule has 0 N–H and O–H groups in total. The average Bonchev–Trinajstić information content (AvgIpc) is 2.84. The van der Waals surface area contributed by atoms with Crippen LogP contribution in [-0.2, 0) is 4.74 Å². The van der Waals surface area contributed by atoms with E-state index in [2.05, 4.69) is 0 Å². The number of benzene rings is 2. The zero-order valence-corrected chi connectivity index (χ0v) is 10.9. The second-order valence-electron chi connectivity index (χ2n) is 4.58. The third-order valence-corrected chi connectivity index (χ3v) is 3.30. The molecule has 1 aliphatic rings. The van der Waals surface area contributed by atoms with Crippen molar-refractivity contribution < 1.29 is 14.3 Å². The third kappa shape index (κ3) is 1.93. The monoisotopic (exact) mass is 264 g/mol. The van der Waals surface area contributed by atoms with E-state index in [9.17, 15) is 9.59 Å². The van der Waals surface area contributed by atoms with Crippen molar-refractivity contribution >= 4 is 17.5 Å². The van der Waals surface area contributed by atoms with Crippen molar-refractivity contribution in [2.24, 2.45) is 0 Å². The number of Topliss-reactive ketones (excluding diaryl/α,β-unsaturated/α-hetero) is 1. The van der Waals surface area contributed by atoms with Gasteiger partial charge in [0.15, 0.2) is 5.78 Å². The molecule has 3 nitrogen and oxygen atoms in total. The van der Waals surface area contributed by atoms with Crippen LogP contribution in [0.4, 0.5) is 0 Å². The predicted octanol–water partition coefficient (Wildman–Crippen LogP) is 3.47. The summed E-state index contributed by atoms with van der Waals surface area (Å²) in [6, 6.07) is 16.0. The van der Waals surface area contributed by atoms with Crippen LogP contribution in [-0.4, -0.2) is 11.8 Å². The van der Waals surface area contributed by atoms with Gasteiger partial charge in [-0.05, 0) is 13.0 Å². The van der Waals surface area contributed by atoms with Crippen LogP contribution in [0.5, 0.6) is 0 Å². The summed E-state index contributed by atoms with van der Waals surface area (Å²) in [5.41, 5.74) is 2.20. The van der Waals surface area contributed by atoms with Crippen LogP contribution in [0.1, 0.15) is 33.2 Å². The Morgan fingerprint density at radius 2 is 1.50 bits per heavy atom. The van der Waals surface area contributed by atoms with E-state index in [1.165, 1.54) is 0 Å². The number of rotatable bonds is 2.